The highest BCUT2D eigenvalue weighted by Gasteiger charge is 2.56. The Morgan fingerprint density at radius 1 is 0.840 bits per heavy atom. The van der Waals surface area contributed by atoms with Gasteiger partial charge < -0.3 is 8.85 Å². The van der Waals surface area contributed by atoms with Crippen molar-refractivity contribution in [2.24, 2.45) is 0 Å². The monoisotopic (exact) mass is 386 g/mol. The molecule has 0 saturated heterocycles. The molecule has 25 heavy (non-hydrogen) atoms. The van der Waals surface area contributed by atoms with Crippen LogP contribution in [0.25, 0.3) is 0 Å². The number of benzene rings is 2. The average Bonchev–Trinajstić information content (AvgIpc) is 2.61. The minimum Gasteiger partial charge on any atom is -0.399 e. The molecule has 2 aromatic carbocycles. The molecule has 0 heterocycles. The molecule has 0 amide bonds. The predicted octanol–water partition coefficient (Wildman–Crippen LogP) is 2.21. The summed E-state index contributed by atoms with van der Waals surface area (Å²) < 4.78 is 13.1. The molecule has 0 radical (unpaired) electrons. The van der Waals surface area contributed by atoms with Gasteiger partial charge in [-0.15, -0.1) is 0 Å². The van der Waals surface area contributed by atoms with E-state index < -0.39 is 15.2 Å². The Labute approximate surface area is 157 Å². The van der Waals surface area contributed by atoms with Crippen molar-refractivity contribution < 1.29 is 8.85 Å². The van der Waals surface area contributed by atoms with Gasteiger partial charge in [-0.3, -0.25) is 0 Å². The van der Waals surface area contributed by atoms with E-state index in [9.17, 15) is 0 Å². The molecule has 0 fully saturated rings. The predicted molar refractivity (Wildman–Crippen MR) is 116 cm³/mol. The third kappa shape index (κ3) is 4.12. The maximum atomic E-state index is 6.54. The molecule has 134 valence electrons. The molecule has 2 rings (SSSR count). The van der Waals surface area contributed by atoms with Crippen LogP contribution in [0.1, 0.15) is 27.7 Å². The Kier molecular flexibility index (Phi) is 7.15. The highest BCUT2D eigenvalue weighted by Crippen LogP contribution is 2.23. The van der Waals surface area contributed by atoms with Crippen LogP contribution in [0.4, 0.5) is 0 Å². The lowest BCUT2D eigenvalue weighted by molar-refractivity contribution is 0.220. The van der Waals surface area contributed by atoms with E-state index in [1.807, 2.05) is 0 Å². The Morgan fingerprint density at radius 3 is 1.56 bits per heavy atom. The molecule has 0 bridgehead atoms. The molecule has 0 atom stereocenters. The van der Waals surface area contributed by atoms with Crippen LogP contribution in [0.3, 0.4) is 0 Å². The fourth-order valence-electron chi connectivity index (χ4n) is 3.64. The lowest BCUT2D eigenvalue weighted by atomic mass is 10.4. The zero-order chi connectivity index (χ0) is 18.3. The molecular weight excluding hydrogens is 356 g/mol. The van der Waals surface area contributed by atoms with Crippen LogP contribution in [-0.4, -0.2) is 38.2 Å². The summed E-state index contributed by atoms with van der Waals surface area (Å²) in [6.45, 7) is 10.00. The molecule has 0 aromatic heterocycles. The van der Waals surface area contributed by atoms with Crippen molar-refractivity contribution in [1.29, 1.82) is 0 Å². The van der Waals surface area contributed by atoms with Crippen molar-refractivity contribution in [3.63, 3.8) is 0 Å². The lowest BCUT2D eigenvalue weighted by Crippen LogP contribution is -2.79. The molecule has 0 N–H and O–H groups in total. The number of allylic oxidation sites excluding steroid dienone is 1. The summed E-state index contributed by atoms with van der Waals surface area (Å²) in [5.74, 6) is 0. The van der Waals surface area contributed by atoms with Crippen LogP contribution in [0.15, 0.2) is 71.9 Å². The third-order valence-corrected chi connectivity index (χ3v) is 27.3. The number of hydrogen-bond donors (Lipinski definition) is 0. The summed E-state index contributed by atoms with van der Waals surface area (Å²) >= 11 is 0. The minimum absolute atomic E-state index is 0.709. The van der Waals surface area contributed by atoms with Gasteiger partial charge in [0.25, 0.3) is 7.60 Å². The Hall–Kier alpha value is -1.25. The van der Waals surface area contributed by atoms with Gasteiger partial charge >= 0.3 is 0 Å². The SMILES string of the molecule is CCO[Si]([SiH3])(OCC)[Si](C=C(C)C)(c1ccccc1)c1ccccc1. The summed E-state index contributed by atoms with van der Waals surface area (Å²) in [6, 6.07) is 21.9. The molecule has 0 unspecified atom stereocenters. The molecule has 0 spiro atoms. The summed E-state index contributed by atoms with van der Waals surface area (Å²) in [6.07, 6.45) is 0. The van der Waals surface area contributed by atoms with E-state index in [0.717, 1.165) is 9.76 Å². The van der Waals surface area contributed by atoms with E-state index in [-0.39, 0.29) is 0 Å². The summed E-state index contributed by atoms with van der Waals surface area (Å²) in [5, 5.41) is 2.79. The van der Waals surface area contributed by atoms with Crippen molar-refractivity contribution in [3.05, 3.63) is 71.9 Å². The van der Waals surface area contributed by atoms with Crippen LogP contribution in [0.5, 0.6) is 0 Å². The van der Waals surface area contributed by atoms with E-state index in [1.54, 1.807) is 0 Å². The Balaban J connectivity index is 2.87. The smallest absolute Gasteiger partial charge is 0.300 e. The second kappa shape index (κ2) is 8.91. The first-order valence-electron chi connectivity index (χ1n) is 9.05. The normalized spacial score (nSPS) is 12.2. The molecule has 0 aliphatic rings. The van der Waals surface area contributed by atoms with Gasteiger partial charge in [0.05, 0.1) is 9.76 Å². The van der Waals surface area contributed by atoms with E-state index in [0.29, 0.717) is 13.2 Å². The van der Waals surface area contributed by atoms with Crippen molar-refractivity contribution in [1.82, 2.24) is 0 Å². The molecule has 5 heteroatoms. The van der Waals surface area contributed by atoms with E-state index in [4.69, 9.17) is 8.85 Å². The molecule has 2 nitrogen and oxygen atoms in total. The highest BCUT2D eigenvalue weighted by molar-refractivity contribution is 7.62. The molecule has 0 aliphatic carbocycles. The Bertz CT molecular complexity index is 637. The maximum Gasteiger partial charge on any atom is 0.300 e. The number of hydrogen-bond acceptors (Lipinski definition) is 2. The van der Waals surface area contributed by atoms with Gasteiger partial charge in [-0.1, -0.05) is 71.9 Å². The van der Waals surface area contributed by atoms with E-state index in [1.165, 1.54) is 15.9 Å². The van der Waals surface area contributed by atoms with Gasteiger partial charge in [-0.05, 0) is 38.1 Å². The average molecular weight is 387 g/mol. The Morgan fingerprint density at radius 2 is 1.24 bits per heavy atom. The van der Waals surface area contributed by atoms with E-state index >= 15 is 0 Å². The maximum absolute atomic E-state index is 6.54. The third-order valence-electron chi connectivity index (χ3n) is 4.52. The fourth-order valence-corrected chi connectivity index (χ4v) is 25.8. The van der Waals surface area contributed by atoms with Crippen molar-refractivity contribution in [2.75, 3.05) is 13.2 Å². The zero-order valence-corrected chi connectivity index (χ0v) is 20.1. The van der Waals surface area contributed by atoms with Crippen LogP contribution in [0, 0.1) is 0 Å². The van der Waals surface area contributed by atoms with Gasteiger partial charge in [-0.2, -0.15) is 0 Å². The first kappa shape index (κ1) is 20.1. The van der Waals surface area contributed by atoms with Gasteiger partial charge in [0.2, 0.25) is 0 Å². The molecule has 0 aliphatic heterocycles. The summed E-state index contributed by atoms with van der Waals surface area (Å²) in [7, 11) is -3.75. The van der Waals surface area contributed by atoms with Crippen LogP contribution in [0.2, 0.25) is 0 Å². The second-order valence-corrected chi connectivity index (χ2v) is 24.1. The van der Waals surface area contributed by atoms with Crippen molar-refractivity contribution in [3.8, 4) is 0 Å². The van der Waals surface area contributed by atoms with E-state index in [2.05, 4.69) is 94.1 Å². The first-order chi connectivity index (χ1) is 12.0. The highest BCUT2D eigenvalue weighted by atomic mass is 29.6. The lowest BCUT2D eigenvalue weighted by Gasteiger charge is -2.43. The largest absolute Gasteiger partial charge is 0.399 e. The summed E-state index contributed by atoms with van der Waals surface area (Å²) in [4.78, 5) is 0. The van der Waals surface area contributed by atoms with Crippen LogP contribution in [-0.2, 0) is 8.85 Å². The van der Waals surface area contributed by atoms with Gasteiger partial charge in [0.15, 0.2) is 7.59 Å². The van der Waals surface area contributed by atoms with Crippen molar-refractivity contribution in [2.45, 2.75) is 27.7 Å². The number of rotatable bonds is 8. The van der Waals surface area contributed by atoms with Crippen LogP contribution >= 0.6 is 0 Å². The standard InChI is InChI=1S/C20H30O2Si3/c1-5-21-25(23,22-6-2)24(17-18(3)4,19-13-9-7-10-14-19)20-15-11-8-12-16-20/h7-17H,5-6H2,1-4,23H3. The van der Waals surface area contributed by atoms with Crippen LogP contribution < -0.4 is 10.4 Å². The van der Waals surface area contributed by atoms with Crippen molar-refractivity contribution >= 4 is 35.3 Å². The van der Waals surface area contributed by atoms with Gasteiger partial charge in [0.1, 0.15) is 0 Å². The molecule has 0 saturated carbocycles. The fraction of sp³-hybridized carbons (Fsp3) is 0.300. The quantitative estimate of drug-likeness (QED) is 0.648. The molecular formula is C20H30O2Si3. The zero-order valence-electron chi connectivity index (χ0n) is 16.1. The van der Waals surface area contributed by atoms with Gasteiger partial charge in [0, 0.05) is 13.2 Å². The second-order valence-electron chi connectivity index (χ2n) is 6.57. The molecule has 2 aromatic rings. The van der Waals surface area contributed by atoms with Gasteiger partial charge in [-0.25, -0.2) is 0 Å². The minimum atomic E-state index is -2.37. The first-order valence-corrected chi connectivity index (χ1v) is 17.4. The topological polar surface area (TPSA) is 18.5 Å². The summed E-state index contributed by atoms with van der Waals surface area (Å²) in [5.41, 5.74) is 3.86.